The molecule has 0 unspecified atom stereocenters. The Morgan fingerprint density at radius 3 is 2.11 bits per heavy atom. The molecule has 9 aromatic rings. The number of aryl methyl sites for hydroxylation is 2. The molecule has 9 rings (SSSR count). The van der Waals surface area contributed by atoms with E-state index in [9.17, 15) is 0 Å². The van der Waals surface area contributed by atoms with E-state index < -0.39 is 0 Å². The molecular weight excluding hydrogens is 570 g/mol. The SMILES string of the molecule is Cn1ccnc1-c1ccc2nc(-c3ccc4c5cc(-c6nccn6C)ccc5n(-c5cccc(-c6ccccn6)c5)c4c3)oc2c1. The van der Waals surface area contributed by atoms with E-state index in [4.69, 9.17) is 9.40 Å². The fourth-order valence-electron chi connectivity index (χ4n) is 6.38. The molecule has 0 bridgehead atoms. The molecule has 0 amide bonds. The highest BCUT2D eigenvalue weighted by Gasteiger charge is 2.18. The predicted molar refractivity (Wildman–Crippen MR) is 181 cm³/mol. The van der Waals surface area contributed by atoms with Crippen molar-refractivity contribution >= 4 is 32.9 Å². The minimum absolute atomic E-state index is 0.571. The number of imidazole rings is 2. The van der Waals surface area contributed by atoms with Crippen molar-refractivity contribution in [3.05, 3.63) is 128 Å². The van der Waals surface area contributed by atoms with Crippen molar-refractivity contribution in [3.8, 4) is 51.2 Å². The predicted octanol–water partition coefficient (Wildman–Crippen LogP) is 8.45. The van der Waals surface area contributed by atoms with Crippen molar-refractivity contribution in [1.82, 2.24) is 33.6 Å². The van der Waals surface area contributed by atoms with E-state index in [1.54, 1.807) is 6.20 Å². The largest absolute Gasteiger partial charge is 0.436 e. The van der Waals surface area contributed by atoms with Crippen LogP contribution in [0.2, 0.25) is 0 Å². The van der Waals surface area contributed by atoms with Crippen LogP contribution in [0, 0.1) is 0 Å². The van der Waals surface area contributed by atoms with E-state index in [0.29, 0.717) is 5.89 Å². The van der Waals surface area contributed by atoms with Crippen molar-refractivity contribution in [1.29, 1.82) is 0 Å². The zero-order chi connectivity index (χ0) is 30.8. The minimum atomic E-state index is 0.571. The number of pyridine rings is 1. The molecule has 8 nitrogen and oxygen atoms in total. The molecule has 0 N–H and O–H groups in total. The fourth-order valence-corrected chi connectivity index (χ4v) is 6.38. The van der Waals surface area contributed by atoms with E-state index in [-0.39, 0.29) is 0 Å². The van der Waals surface area contributed by atoms with Crippen LogP contribution in [0.25, 0.3) is 84.1 Å². The Hall–Kier alpha value is -6.28. The second-order valence-electron chi connectivity index (χ2n) is 11.5. The van der Waals surface area contributed by atoms with Gasteiger partial charge in [0.2, 0.25) is 5.89 Å². The lowest BCUT2D eigenvalue weighted by Crippen LogP contribution is -1.95. The third-order valence-electron chi connectivity index (χ3n) is 8.63. The number of fused-ring (bicyclic) bond motifs is 4. The number of hydrogen-bond donors (Lipinski definition) is 0. The maximum Gasteiger partial charge on any atom is 0.227 e. The van der Waals surface area contributed by atoms with Crippen LogP contribution in [0.15, 0.2) is 132 Å². The van der Waals surface area contributed by atoms with Gasteiger partial charge in [0.1, 0.15) is 17.2 Å². The van der Waals surface area contributed by atoms with Gasteiger partial charge in [0, 0.05) is 83.8 Å². The molecule has 8 heteroatoms. The Labute approximate surface area is 263 Å². The molecule has 220 valence electrons. The molecule has 46 heavy (non-hydrogen) atoms. The van der Waals surface area contributed by atoms with Crippen LogP contribution in [-0.4, -0.2) is 33.6 Å². The number of hydrogen-bond acceptors (Lipinski definition) is 5. The average molecular weight is 598 g/mol. The lowest BCUT2D eigenvalue weighted by molar-refractivity contribution is 0.620. The van der Waals surface area contributed by atoms with Gasteiger partial charge < -0.3 is 18.1 Å². The standard InChI is InChI=1S/C38H27N7O/c1-43-18-16-40-36(43)25-11-14-33-30(21-25)29-12-9-27(38-42-32-13-10-26(23-35(32)46-38)37-41-17-19-44(37)2)22-34(29)45(33)28-7-5-6-24(20-28)31-8-3-4-15-39-31/h3-23H,1-2H3. The summed E-state index contributed by atoms with van der Waals surface area (Å²) >= 11 is 0. The zero-order valence-corrected chi connectivity index (χ0v) is 25.2. The molecule has 0 atom stereocenters. The minimum Gasteiger partial charge on any atom is -0.436 e. The maximum absolute atomic E-state index is 6.38. The van der Waals surface area contributed by atoms with E-state index in [0.717, 1.165) is 78.2 Å². The number of oxazole rings is 1. The van der Waals surface area contributed by atoms with Gasteiger partial charge in [0.25, 0.3) is 0 Å². The summed E-state index contributed by atoms with van der Waals surface area (Å²) in [5.74, 6) is 2.37. The summed E-state index contributed by atoms with van der Waals surface area (Å²) in [5, 5.41) is 2.27. The highest BCUT2D eigenvalue weighted by Crippen LogP contribution is 2.38. The Morgan fingerprint density at radius 1 is 0.565 bits per heavy atom. The summed E-state index contributed by atoms with van der Waals surface area (Å²) in [4.78, 5) is 18.6. The first-order valence-electron chi connectivity index (χ1n) is 15.1. The van der Waals surface area contributed by atoms with Gasteiger partial charge >= 0.3 is 0 Å². The first-order chi connectivity index (χ1) is 22.6. The first-order valence-corrected chi connectivity index (χ1v) is 15.1. The molecule has 5 heterocycles. The number of rotatable bonds is 5. The second kappa shape index (κ2) is 10.1. The van der Waals surface area contributed by atoms with Gasteiger partial charge in [-0.05, 0) is 72.8 Å². The molecule has 0 saturated heterocycles. The highest BCUT2D eigenvalue weighted by atomic mass is 16.3. The Morgan fingerprint density at radius 2 is 1.35 bits per heavy atom. The molecule has 0 spiro atoms. The van der Waals surface area contributed by atoms with Gasteiger partial charge in [-0.15, -0.1) is 0 Å². The van der Waals surface area contributed by atoms with Gasteiger partial charge in [0.05, 0.1) is 16.7 Å². The summed E-state index contributed by atoms with van der Waals surface area (Å²) in [5.41, 5.74) is 9.64. The van der Waals surface area contributed by atoms with Crippen LogP contribution in [-0.2, 0) is 14.1 Å². The quantitative estimate of drug-likeness (QED) is 0.199. The van der Waals surface area contributed by atoms with Crippen LogP contribution in [0.4, 0.5) is 0 Å². The maximum atomic E-state index is 6.38. The third kappa shape index (κ3) is 4.15. The Bertz CT molecular complexity index is 2570. The first kappa shape index (κ1) is 26.2. The van der Waals surface area contributed by atoms with E-state index in [1.807, 2.05) is 84.4 Å². The molecule has 0 aliphatic heterocycles. The Balaban J connectivity index is 1.24. The van der Waals surface area contributed by atoms with E-state index >= 15 is 0 Å². The summed E-state index contributed by atoms with van der Waals surface area (Å²) in [6, 6.07) is 33.5. The molecule has 0 radical (unpaired) electrons. The molecule has 4 aromatic carbocycles. The lowest BCUT2D eigenvalue weighted by atomic mass is 10.1. The number of nitrogens with zero attached hydrogens (tertiary/aromatic N) is 7. The van der Waals surface area contributed by atoms with Crippen molar-refractivity contribution in [2.45, 2.75) is 0 Å². The van der Waals surface area contributed by atoms with Gasteiger partial charge in [-0.3, -0.25) is 4.98 Å². The van der Waals surface area contributed by atoms with Gasteiger partial charge in [0.15, 0.2) is 5.58 Å². The van der Waals surface area contributed by atoms with Gasteiger partial charge in [-0.1, -0.05) is 24.3 Å². The fraction of sp³-hybridized carbons (Fsp3) is 0.0526. The molecule has 0 fully saturated rings. The zero-order valence-electron chi connectivity index (χ0n) is 25.2. The molecule has 0 aliphatic carbocycles. The van der Waals surface area contributed by atoms with Crippen LogP contribution >= 0.6 is 0 Å². The summed E-state index contributed by atoms with van der Waals surface area (Å²) < 4.78 is 12.7. The smallest absolute Gasteiger partial charge is 0.227 e. The lowest BCUT2D eigenvalue weighted by Gasteiger charge is -2.11. The normalized spacial score (nSPS) is 11.7. The molecule has 5 aromatic heterocycles. The van der Waals surface area contributed by atoms with Gasteiger partial charge in [-0.2, -0.15) is 0 Å². The van der Waals surface area contributed by atoms with Crippen molar-refractivity contribution < 1.29 is 4.42 Å². The van der Waals surface area contributed by atoms with Crippen molar-refractivity contribution in [3.63, 3.8) is 0 Å². The van der Waals surface area contributed by atoms with E-state index in [2.05, 4.69) is 80.2 Å². The second-order valence-corrected chi connectivity index (χ2v) is 11.5. The summed E-state index contributed by atoms with van der Waals surface area (Å²) in [6.07, 6.45) is 9.36. The van der Waals surface area contributed by atoms with Crippen LogP contribution < -0.4 is 0 Å². The highest BCUT2D eigenvalue weighted by molar-refractivity contribution is 6.11. The van der Waals surface area contributed by atoms with Gasteiger partial charge in [-0.25, -0.2) is 15.0 Å². The van der Waals surface area contributed by atoms with Crippen molar-refractivity contribution in [2.24, 2.45) is 14.1 Å². The molecule has 0 aliphatic rings. The average Bonchev–Trinajstić information content (AvgIpc) is 3.89. The number of benzene rings is 4. The topological polar surface area (TPSA) is 79.5 Å². The monoisotopic (exact) mass is 597 g/mol. The van der Waals surface area contributed by atoms with Crippen LogP contribution in [0.1, 0.15) is 0 Å². The summed E-state index contributed by atoms with van der Waals surface area (Å²) in [6.45, 7) is 0. The Kier molecular flexibility index (Phi) is 5.76. The summed E-state index contributed by atoms with van der Waals surface area (Å²) in [7, 11) is 4.00. The van der Waals surface area contributed by atoms with E-state index in [1.165, 1.54) is 0 Å². The third-order valence-corrected chi connectivity index (χ3v) is 8.63. The molecular formula is C38H27N7O. The van der Waals surface area contributed by atoms with Crippen molar-refractivity contribution in [2.75, 3.05) is 0 Å². The van der Waals surface area contributed by atoms with Crippen LogP contribution in [0.5, 0.6) is 0 Å². The van der Waals surface area contributed by atoms with Crippen LogP contribution in [0.3, 0.4) is 0 Å². The number of aromatic nitrogens is 7. The molecule has 0 saturated carbocycles.